The van der Waals surface area contributed by atoms with Gasteiger partial charge in [-0.3, -0.25) is 9.59 Å². The number of hydrogen-bond acceptors (Lipinski definition) is 3. The largest absolute Gasteiger partial charge is 0.496 e. The summed E-state index contributed by atoms with van der Waals surface area (Å²) in [5.41, 5.74) is 0.251. The molecule has 0 saturated heterocycles. The normalized spacial score (nSPS) is 10.9. The summed E-state index contributed by atoms with van der Waals surface area (Å²) in [6, 6.07) is 5.07. The fourth-order valence-corrected chi connectivity index (χ4v) is 2.22. The molecular formula is C15H21BrN2O3. The zero-order valence-electron chi connectivity index (χ0n) is 12.7. The summed E-state index contributed by atoms with van der Waals surface area (Å²) >= 11 is 3.33. The molecule has 0 unspecified atom stereocenters. The molecule has 0 spiro atoms. The molecule has 1 aromatic rings. The number of ether oxygens (including phenoxy) is 1. The van der Waals surface area contributed by atoms with E-state index in [1.54, 1.807) is 25.3 Å². The van der Waals surface area contributed by atoms with Crippen molar-refractivity contribution in [2.75, 3.05) is 13.7 Å². The molecule has 0 atom stereocenters. The molecule has 0 aliphatic carbocycles. The second-order valence-corrected chi connectivity index (χ2v) is 6.51. The van der Waals surface area contributed by atoms with Crippen molar-refractivity contribution in [3.8, 4) is 5.75 Å². The van der Waals surface area contributed by atoms with Crippen LogP contribution in [0.5, 0.6) is 5.75 Å². The molecule has 1 rings (SSSR count). The van der Waals surface area contributed by atoms with Gasteiger partial charge in [-0.05, 0) is 54.9 Å². The molecule has 6 heteroatoms. The number of carbonyl (C=O) groups is 2. The standard InChI is InChI=1S/C15H21BrN2O3/c1-15(2,3)18-13(19)7-8-17-14(20)10-5-6-12(21-4)11(16)9-10/h5-6,9H,7-8H2,1-4H3,(H,17,20)(H,18,19). The Balaban J connectivity index is 2.47. The summed E-state index contributed by atoms with van der Waals surface area (Å²) in [4.78, 5) is 23.6. The minimum Gasteiger partial charge on any atom is -0.496 e. The first-order chi connectivity index (χ1) is 9.73. The molecule has 0 aliphatic rings. The van der Waals surface area contributed by atoms with Crippen LogP contribution in [0.4, 0.5) is 0 Å². The van der Waals surface area contributed by atoms with Crippen molar-refractivity contribution in [3.05, 3.63) is 28.2 Å². The molecule has 1 aromatic carbocycles. The van der Waals surface area contributed by atoms with Gasteiger partial charge in [0.05, 0.1) is 11.6 Å². The summed E-state index contributed by atoms with van der Waals surface area (Å²) in [5.74, 6) is 0.358. The van der Waals surface area contributed by atoms with Gasteiger partial charge in [-0.2, -0.15) is 0 Å². The third-order valence-electron chi connectivity index (χ3n) is 2.57. The highest BCUT2D eigenvalue weighted by Gasteiger charge is 2.14. The number of benzene rings is 1. The van der Waals surface area contributed by atoms with E-state index in [4.69, 9.17) is 4.74 Å². The Morgan fingerprint density at radius 2 is 1.95 bits per heavy atom. The van der Waals surface area contributed by atoms with E-state index < -0.39 is 0 Å². The maximum Gasteiger partial charge on any atom is 0.251 e. The van der Waals surface area contributed by atoms with E-state index in [1.165, 1.54) is 0 Å². The van der Waals surface area contributed by atoms with Gasteiger partial charge in [0.1, 0.15) is 5.75 Å². The van der Waals surface area contributed by atoms with Gasteiger partial charge < -0.3 is 15.4 Å². The molecule has 0 bridgehead atoms. The lowest BCUT2D eigenvalue weighted by atomic mass is 10.1. The Morgan fingerprint density at radius 3 is 2.48 bits per heavy atom. The van der Waals surface area contributed by atoms with Crippen LogP contribution in [0.15, 0.2) is 22.7 Å². The van der Waals surface area contributed by atoms with Crippen LogP contribution in [-0.4, -0.2) is 31.0 Å². The Hall–Kier alpha value is -1.56. The van der Waals surface area contributed by atoms with Crippen molar-refractivity contribution in [2.24, 2.45) is 0 Å². The molecule has 21 heavy (non-hydrogen) atoms. The number of rotatable bonds is 5. The molecule has 0 aromatic heterocycles. The Labute approximate surface area is 133 Å². The SMILES string of the molecule is COc1ccc(C(=O)NCCC(=O)NC(C)(C)C)cc1Br. The zero-order valence-corrected chi connectivity index (χ0v) is 14.3. The summed E-state index contributed by atoms with van der Waals surface area (Å²) in [5, 5.41) is 5.56. The summed E-state index contributed by atoms with van der Waals surface area (Å²) < 4.78 is 5.82. The highest BCUT2D eigenvalue weighted by Crippen LogP contribution is 2.25. The van der Waals surface area contributed by atoms with Gasteiger partial charge >= 0.3 is 0 Å². The molecule has 0 radical (unpaired) electrons. The lowest BCUT2D eigenvalue weighted by Crippen LogP contribution is -2.41. The predicted molar refractivity (Wildman–Crippen MR) is 85.5 cm³/mol. The summed E-state index contributed by atoms with van der Waals surface area (Å²) in [6.45, 7) is 6.04. The van der Waals surface area contributed by atoms with E-state index in [-0.39, 0.29) is 23.8 Å². The third-order valence-corrected chi connectivity index (χ3v) is 3.19. The molecule has 0 heterocycles. The van der Waals surface area contributed by atoms with Crippen molar-refractivity contribution in [1.29, 1.82) is 0 Å². The Bertz CT molecular complexity index is 524. The van der Waals surface area contributed by atoms with E-state index >= 15 is 0 Å². The average molecular weight is 357 g/mol. The van der Waals surface area contributed by atoms with Crippen LogP contribution in [0.2, 0.25) is 0 Å². The average Bonchev–Trinajstić information content (AvgIpc) is 2.36. The van der Waals surface area contributed by atoms with Crippen LogP contribution in [-0.2, 0) is 4.79 Å². The number of methoxy groups -OCH3 is 1. The van der Waals surface area contributed by atoms with Crippen molar-refractivity contribution >= 4 is 27.7 Å². The predicted octanol–water partition coefficient (Wildman–Crippen LogP) is 2.49. The highest BCUT2D eigenvalue weighted by atomic mass is 79.9. The van der Waals surface area contributed by atoms with E-state index in [2.05, 4.69) is 26.6 Å². The summed E-state index contributed by atoms with van der Waals surface area (Å²) in [7, 11) is 1.56. The van der Waals surface area contributed by atoms with Gasteiger partial charge in [0.15, 0.2) is 0 Å². The molecular weight excluding hydrogens is 336 g/mol. The fraction of sp³-hybridized carbons (Fsp3) is 0.467. The molecule has 2 N–H and O–H groups in total. The first-order valence-electron chi connectivity index (χ1n) is 6.65. The fourth-order valence-electron chi connectivity index (χ4n) is 1.68. The van der Waals surface area contributed by atoms with Crippen LogP contribution in [0.1, 0.15) is 37.6 Å². The second-order valence-electron chi connectivity index (χ2n) is 5.65. The number of amides is 2. The van der Waals surface area contributed by atoms with E-state index in [0.29, 0.717) is 22.3 Å². The van der Waals surface area contributed by atoms with Crippen molar-refractivity contribution < 1.29 is 14.3 Å². The number of hydrogen-bond donors (Lipinski definition) is 2. The zero-order chi connectivity index (χ0) is 16.0. The quantitative estimate of drug-likeness (QED) is 0.851. The van der Waals surface area contributed by atoms with Crippen molar-refractivity contribution in [2.45, 2.75) is 32.7 Å². The van der Waals surface area contributed by atoms with Gasteiger partial charge in [-0.25, -0.2) is 0 Å². The molecule has 0 fully saturated rings. The van der Waals surface area contributed by atoms with Gasteiger partial charge in [0, 0.05) is 24.1 Å². The van der Waals surface area contributed by atoms with Crippen LogP contribution in [0.25, 0.3) is 0 Å². The topological polar surface area (TPSA) is 67.4 Å². The van der Waals surface area contributed by atoms with Crippen molar-refractivity contribution in [3.63, 3.8) is 0 Å². The number of nitrogens with one attached hydrogen (secondary N) is 2. The van der Waals surface area contributed by atoms with Crippen LogP contribution < -0.4 is 15.4 Å². The first-order valence-corrected chi connectivity index (χ1v) is 7.45. The minimum atomic E-state index is -0.262. The van der Waals surface area contributed by atoms with Crippen LogP contribution >= 0.6 is 15.9 Å². The molecule has 5 nitrogen and oxygen atoms in total. The van der Waals surface area contributed by atoms with Gasteiger partial charge in [-0.1, -0.05) is 0 Å². The smallest absolute Gasteiger partial charge is 0.251 e. The van der Waals surface area contributed by atoms with E-state index in [1.807, 2.05) is 20.8 Å². The maximum atomic E-state index is 12.0. The Kier molecular flexibility index (Phi) is 6.20. The van der Waals surface area contributed by atoms with Gasteiger partial charge in [0.25, 0.3) is 5.91 Å². The molecule has 0 aliphatic heterocycles. The lowest BCUT2D eigenvalue weighted by Gasteiger charge is -2.20. The molecule has 2 amide bonds. The third kappa shape index (κ3) is 6.16. The summed E-state index contributed by atoms with van der Waals surface area (Å²) in [6.07, 6.45) is 0.250. The number of halogens is 1. The second kappa shape index (κ2) is 7.45. The minimum absolute atomic E-state index is 0.0845. The van der Waals surface area contributed by atoms with Gasteiger partial charge in [0.2, 0.25) is 5.91 Å². The number of carbonyl (C=O) groups excluding carboxylic acids is 2. The Morgan fingerprint density at radius 1 is 1.29 bits per heavy atom. The maximum absolute atomic E-state index is 12.0. The monoisotopic (exact) mass is 356 g/mol. The van der Waals surface area contributed by atoms with Crippen LogP contribution in [0, 0.1) is 0 Å². The first kappa shape index (κ1) is 17.5. The van der Waals surface area contributed by atoms with E-state index in [9.17, 15) is 9.59 Å². The van der Waals surface area contributed by atoms with E-state index in [0.717, 1.165) is 0 Å². The van der Waals surface area contributed by atoms with Crippen LogP contribution in [0.3, 0.4) is 0 Å². The molecule has 0 saturated carbocycles. The van der Waals surface area contributed by atoms with Crippen molar-refractivity contribution in [1.82, 2.24) is 10.6 Å². The lowest BCUT2D eigenvalue weighted by molar-refractivity contribution is -0.122. The van der Waals surface area contributed by atoms with Gasteiger partial charge in [-0.15, -0.1) is 0 Å². The highest BCUT2D eigenvalue weighted by molar-refractivity contribution is 9.10. The molecule has 116 valence electrons.